The third-order valence-electron chi connectivity index (χ3n) is 4.07. The molecule has 0 spiro atoms. The predicted octanol–water partition coefficient (Wildman–Crippen LogP) is 3.58. The molecule has 1 fully saturated rings. The fourth-order valence-corrected chi connectivity index (χ4v) is 4.12. The van der Waals surface area contributed by atoms with Crippen LogP contribution in [0, 0.1) is 6.92 Å². The fourth-order valence-electron chi connectivity index (χ4n) is 2.89. The summed E-state index contributed by atoms with van der Waals surface area (Å²) in [4.78, 5) is 19.7. The first-order valence-corrected chi connectivity index (χ1v) is 9.55. The molecule has 4 heterocycles. The van der Waals surface area contributed by atoms with Crippen LogP contribution in [0.25, 0.3) is 10.8 Å². The number of likely N-dealkylation sites (tertiary alicyclic amines) is 1. The Hall–Kier alpha value is -2.06. The molecule has 0 bridgehead atoms. The molecular weight excluding hydrogens is 344 g/mol. The first-order chi connectivity index (χ1) is 11.7. The van der Waals surface area contributed by atoms with E-state index in [1.54, 1.807) is 11.3 Å². The smallest absolute Gasteiger partial charge is 0.273 e. The zero-order valence-electron chi connectivity index (χ0n) is 13.1. The summed E-state index contributed by atoms with van der Waals surface area (Å²) in [7, 11) is 0. The number of hydrogen-bond donors (Lipinski definition) is 0. The van der Waals surface area contributed by atoms with Gasteiger partial charge in [0.2, 0.25) is 5.89 Å². The van der Waals surface area contributed by atoms with Gasteiger partial charge in [0.05, 0.1) is 15.8 Å². The third kappa shape index (κ3) is 2.99. The lowest BCUT2D eigenvalue weighted by atomic mass is 9.98. The van der Waals surface area contributed by atoms with Gasteiger partial charge in [-0.3, -0.25) is 4.79 Å². The number of rotatable bonds is 3. The minimum absolute atomic E-state index is 0.0120. The van der Waals surface area contributed by atoms with Gasteiger partial charge in [-0.15, -0.1) is 32.9 Å². The molecule has 8 heteroatoms. The second kappa shape index (κ2) is 6.45. The molecule has 0 aliphatic carbocycles. The summed E-state index contributed by atoms with van der Waals surface area (Å²) in [5.41, 5.74) is 0.531. The Kier molecular flexibility index (Phi) is 4.15. The molecular formula is C16H16N4O2S2. The molecule has 0 radical (unpaired) electrons. The molecule has 1 atom stereocenters. The average Bonchev–Trinajstić information content (AvgIpc) is 3.35. The monoisotopic (exact) mass is 360 g/mol. The van der Waals surface area contributed by atoms with E-state index in [1.807, 2.05) is 34.7 Å². The zero-order valence-corrected chi connectivity index (χ0v) is 14.8. The molecule has 24 heavy (non-hydrogen) atoms. The van der Waals surface area contributed by atoms with Gasteiger partial charge in [-0.25, -0.2) is 4.98 Å². The van der Waals surface area contributed by atoms with E-state index in [0.717, 1.165) is 29.3 Å². The summed E-state index contributed by atoms with van der Waals surface area (Å²) in [6.45, 7) is 3.25. The van der Waals surface area contributed by atoms with Crippen molar-refractivity contribution in [2.45, 2.75) is 25.7 Å². The van der Waals surface area contributed by atoms with Crippen molar-refractivity contribution in [1.82, 2.24) is 20.1 Å². The summed E-state index contributed by atoms with van der Waals surface area (Å²) in [6.07, 6.45) is 1.88. The molecule has 1 saturated heterocycles. The van der Waals surface area contributed by atoms with Crippen LogP contribution in [-0.4, -0.2) is 39.1 Å². The van der Waals surface area contributed by atoms with Crippen LogP contribution >= 0.6 is 22.7 Å². The highest BCUT2D eigenvalue weighted by molar-refractivity contribution is 7.13. The first-order valence-electron chi connectivity index (χ1n) is 7.79. The van der Waals surface area contributed by atoms with E-state index in [1.165, 1.54) is 11.3 Å². The van der Waals surface area contributed by atoms with Crippen molar-refractivity contribution >= 4 is 28.6 Å². The Morgan fingerprint density at radius 1 is 1.38 bits per heavy atom. The van der Waals surface area contributed by atoms with E-state index < -0.39 is 0 Å². The van der Waals surface area contributed by atoms with E-state index in [4.69, 9.17) is 4.42 Å². The van der Waals surface area contributed by atoms with Crippen LogP contribution in [0.15, 0.2) is 27.3 Å². The quantitative estimate of drug-likeness (QED) is 0.714. The van der Waals surface area contributed by atoms with Gasteiger partial charge in [0.1, 0.15) is 5.69 Å². The molecule has 1 amide bonds. The molecule has 0 unspecified atom stereocenters. The number of piperidine rings is 1. The summed E-state index contributed by atoms with van der Waals surface area (Å²) < 4.78 is 5.84. The predicted molar refractivity (Wildman–Crippen MR) is 92.3 cm³/mol. The largest absolute Gasteiger partial charge is 0.420 e. The Labute approximate surface area is 147 Å². The van der Waals surface area contributed by atoms with Crippen LogP contribution < -0.4 is 0 Å². The van der Waals surface area contributed by atoms with Gasteiger partial charge in [0.15, 0.2) is 0 Å². The molecule has 0 N–H and O–H groups in total. The van der Waals surface area contributed by atoms with Crippen LogP contribution in [0.4, 0.5) is 0 Å². The topological polar surface area (TPSA) is 72.1 Å². The van der Waals surface area contributed by atoms with E-state index in [2.05, 4.69) is 15.2 Å². The maximum Gasteiger partial charge on any atom is 0.273 e. The number of carbonyl (C=O) groups excluding carboxylic acids is 1. The van der Waals surface area contributed by atoms with Crippen molar-refractivity contribution in [2.75, 3.05) is 13.1 Å². The van der Waals surface area contributed by atoms with E-state index >= 15 is 0 Å². The van der Waals surface area contributed by atoms with Crippen molar-refractivity contribution < 1.29 is 9.21 Å². The van der Waals surface area contributed by atoms with E-state index in [-0.39, 0.29) is 11.8 Å². The lowest BCUT2D eigenvalue weighted by molar-refractivity contribution is 0.0693. The van der Waals surface area contributed by atoms with Crippen molar-refractivity contribution in [3.8, 4) is 10.8 Å². The Bertz CT molecular complexity index is 840. The maximum atomic E-state index is 12.6. The van der Waals surface area contributed by atoms with E-state index in [0.29, 0.717) is 24.0 Å². The molecule has 0 saturated carbocycles. The van der Waals surface area contributed by atoms with Crippen molar-refractivity contribution in [3.63, 3.8) is 0 Å². The van der Waals surface area contributed by atoms with Gasteiger partial charge < -0.3 is 9.32 Å². The standard InChI is InChI=1S/C16H16N4O2S2/c1-10-17-12(9-24-10)16(21)20-6-2-4-11(8-20)14-18-19-15(22-14)13-5-3-7-23-13/h3,5,7,9,11H,2,4,6,8H2,1H3/t11-/m0/s1. The summed E-state index contributed by atoms with van der Waals surface area (Å²) in [5, 5.41) is 13.1. The van der Waals surface area contributed by atoms with Crippen molar-refractivity contribution in [2.24, 2.45) is 0 Å². The number of amides is 1. The van der Waals surface area contributed by atoms with Gasteiger partial charge in [0, 0.05) is 18.5 Å². The third-order valence-corrected chi connectivity index (χ3v) is 5.70. The van der Waals surface area contributed by atoms with Gasteiger partial charge in [-0.05, 0) is 31.2 Å². The van der Waals surface area contributed by atoms with E-state index in [9.17, 15) is 4.79 Å². The average molecular weight is 360 g/mol. The number of carbonyl (C=O) groups is 1. The van der Waals surface area contributed by atoms with Crippen LogP contribution in [0.1, 0.15) is 40.1 Å². The second-order valence-electron chi connectivity index (χ2n) is 5.76. The highest BCUT2D eigenvalue weighted by atomic mass is 32.1. The number of nitrogens with zero attached hydrogens (tertiary/aromatic N) is 4. The Morgan fingerprint density at radius 3 is 3.04 bits per heavy atom. The lowest BCUT2D eigenvalue weighted by Crippen LogP contribution is -2.39. The van der Waals surface area contributed by atoms with Crippen LogP contribution in [0.5, 0.6) is 0 Å². The van der Waals surface area contributed by atoms with Gasteiger partial charge in [-0.1, -0.05) is 6.07 Å². The minimum Gasteiger partial charge on any atom is -0.420 e. The molecule has 3 aromatic heterocycles. The maximum absolute atomic E-state index is 12.6. The SMILES string of the molecule is Cc1nc(C(=O)N2CCC[C@H](c3nnc(-c4cccs4)o3)C2)cs1. The summed E-state index contributed by atoms with van der Waals surface area (Å²) >= 11 is 3.07. The van der Waals surface area contributed by atoms with Crippen LogP contribution in [-0.2, 0) is 0 Å². The van der Waals surface area contributed by atoms with Crippen LogP contribution in [0.3, 0.4) is 0 Å². The van der Waals surface area contributed by atoms with Gasteiger partial charge in [0.25, 0.3) is 11.8 Å². The number of thiophene rings is 1. The summed E-state index contributed by atoms with van der Waals surface area (Å²) in [6, 6.07) is 3.92. The van der Waals surface area contributed by atoms with Gasteiger partial charge in [-0.2, -0.15) is 0 Å². The number of thiazole rings is 1. The number of aromatic nitrogens is 3. The van der Waals surface area contributed by atoms with Crippen LogP contribution in [0.2, 0.25) is 0 Å². The molecule has 4 rings (SSSR count). The molecule has 1 aliphatic rings. The summed E-state index contributed by atoms with van der Waals surface area (Å²) in [5.74, 6) is 1.25. The lowest BCUT2D eigenvalue weighted by Gasteiger charge is -2.30. The molecule has 124 valence electrons. The van der Waals surface area contributed by atoms with Gasteiger partial charge >= 0.3 is 0 Å². The van der Waals surface area contributed by atoms with Crippen molar-refractivity contribution in [1.29, 1.82) is 0 Å². The first kappa shape index (κ1) is 15.5. The minimum atomic E-state index is -0.0120. The van der Waals surface area contributed by atoms with Crippen molar-refractivity contribution in [3.05, 3.63) is 39.5 Å². The normalized spacial score (nSPS) is 18.0. The Balaban J connectivity index is 1.50. The number of hydrogen-bond acceptors (Lipinski definition) is 7. The second-order valence-corrected chi connectivity index (χ2v) is 7.77. The molecule has 1 aliphatic heterocycles. The molecule has 0 aromatic carbocycles. The highest BCUT2D eigenvalue weighted by Gasteiger charge is 2.29. The number of aryl methyl sites for hydroxylation is 1. The fraction of sp³-hybridized carbons (Fsp3) is 0.375. The zero-order chi connectivity index (χ0) is 16.5. The molecule has 3 aromatic rings. The Morgan fingerprint density at radius 2 is 2.29 bits per heavy atom. The highest BCUT2D eigenvalue weighted by Crippen LogP contribution is 2.30. The molecule has 6 nitrogen and oxygen atoms in total.